The minimum atomic E-state index is 0.0609. The molecule has 4 rings (SSSR count). The predicted octanol–water partition coefficient (Wildman–Crippen LogP) is 5.53. The third-order valence-corrected chi connectivity index (χ3v) is 6.03. The second-order valence-electron chi connectivity index (χ2n) is 7.60. The highest BCUT2D eigenvalue weighted by atomic mass is 35.5. The molecule has 1 aliphatic heterocycles. The lowest BCUT2D eigenvalue weighted by molar-refractivity contribution is 0.0628. The summed E-state index contributed by atoms with van der Waals surface area (Å²) in [6.45, 7) is 4.27. The van der Waals surface area contributed by atoms with Crippen LogP contribution in [0.4, 0.5) is 0 Å². The second kappa shape index (κ2) is 10.2. The molecule has 0 N–H and O–H groups in total. The van der Waals surface area contributed by atoms with E-state index in [-0.39, 0.29) is 5.91 Å². The highest BCUT2D eigenvalue weighted by Crippen LogP contribution is 2.20. The van der Waals surface area contributed by atoms with Crippen molar-refractivity contribution in [2.45, 2.75) is 13.2 Å². The predicted molar refractivity (Wildman–Crippen MR) is 125 cm³/mol. The van der Waals surface area contributed by atoms with Gasteiger partial charge in [0.25, 0.3) is 5.91 Å². The molecule has 0 bridgehead atoms. The summed E-state index contributed by atoms with van der Waals surface area (Å²) in [7, 11) is 0. The van der Waals surface area contributed by atoms with Gasteiger partial charge in [0.15, 0.2) is 0 Å². The Labute approximate surface area is 192 Å². The minimum Gasteiger partial charge on any atom is -0.489 e. The normalized spacial score (nSPS) is 14.5. The zero-order valence-electron chi connectivity index (χ0n) is 17.1. The Balaban J connectivity index is 1.32. The van der Waals surface area contributed by atoms with Crippen molar-refractivity contribution in [3.05, 3.63) is 99.5 Å². The molecule has 0 aromatic heterocycles. The molecule has 0 saturated carbocycles. The Morgan fingerprint density at radius 2 is 1.61 bits per heavy atom. The number of carbonyl (C=O) groups is 1. The number of nitrogens with zero attached hydrogens (tertiary/aromatic N) is 2. The SMILES string of the molecule is O=C(c1cccc(COc2ccc(Cl)cc2)c1)N1CCN(Cc2ccccc2Cl)CC1. The average Bonchev–Trinajstić information content (AvgIpc) is 2.80. The van der Waals surface area contributed by atoms with Gasteiger partial charge in [-0.1, -0.05) is 53.5 Å². The van der Waals surface area contributed by atoms with Gasteiger partial charge in [-0.3, -0.25) is 9.69 Å². The minimum absolute atomic E-state index is 0.0609. The summed E-state index contributed by atoms with van der Waals surface area (Å²) in [5.74, 6) is 0.807. The topological polar surface area (TPSA) is 32.8 Å². The molecule has 0 radical (unpaired) electrons. The zero-order valence-corrected chi connectivity index (χ0v) is 18.6. The van der Waals surface area contributed by atoms with E-state index in [0.29, 0.717) is 30.3 Å². The molecule has 0 aliphatic carbocycles. The number of hydrogen-bond donors (Lipinski definition) is 0. The third-order valence-electron chi connectivity index (χ3n) is 5.40. The summed E-state index contributed by atoms with van der Waals surface area (Å²) in [6, 6.07) is 22.8. The second-order valence-corrected chi connectivity index (χ2v) is 8.45. The van der Waals surface area contributed by atoms with E-state index >= 15 is 0 Å². The Hall–Kier alpha value is -2.53. The van der Waals surface area contributed by atoms with Crippen LogP contribution >= 0.6 is 23.2 Å². The van der Waals surface area contributed by atoms with Crippen molar-refractivity contribution in [1.82, 2.24) is 9.80 Å². The number of piperazine rings is 1. The number of carbonyl (C=O) groups excluding carboxylic acids is 1. The van der Waals surface area contributed by atoms with Crippen LogP contribution in [0.3, 0.4) is 0 Å². The Morgan fingerprint density at radius 3 is 2.35 bits per heavy atom. The van der Waals surface area contributed by atoms with Crippen molar-refractivity contribution < 1.29 is 9.53 Å². The van der Waals surface area contributed by atoms with Gasteiger partial charge in [0.05, 0.1) is 0 Å². The first kappa shape index (κ1) is 21.7. The molecule has 4 nitrogen and oxygen atoms in total. The molecule has 1 heterocycles. The van der Waals surface area contributed by atoms with Crippen LogP contribution in [-0.2, 0) is 13.2 Å². The van der Waals surface area contributed by atoms with E-state index in [4.69, 9.17) is 27.9 Å². The largest absolute Gasteiger partial charge is 0.489 e. The first-order chi connectivity index (χ1) is 15.1. The molecule has 31 heavy (non-hydrogen) atoms. The number of ether oxygens (including phenoxy) is 1. The number of amides is 1. The molecular formula is C25H24Cl2N2O2. The summed E-state index contributed by atoms with van der Waals surface area (Å²) in [5, 5.41) is 1.46. The van der Waals surface area contributed by atoms with Crippen molar-refractivity contribution in [3.8, 4) is 5.75 Å². The quantitative estimate of drug-likeness (QED) is 0.490. The van der Waals surface area contributed by atoms with Crippen LogP contribution in [0.25, 0.3) is 0 Å². The smallest absolute Gasteiger partial charge is 0.253 e. The van der Waals surface area contributed by atoms with Gasteiger partial charge in [-0.2, -0.15) is 0 Å². The maximum Gasteiger partial charge on any atom is 0.253 e. The molecule has 1 amide bonds. The summed E-state index contributed by atoms with van der Waals surface area (Å²) in [6.07, 6.45) is 0. The maximum atomic E-state index is 13.0. The fourth-order valence-electron chi connectivity index (χ4n) is 3.65. The average molecular weight is 455 g/mol. The molecule has 0 unspecified atom stereocenters. The molecule has 160 valence electrons. The van der Waals surface area contributed by atoms with Crippen LogP contribution in [0.1, 0.15) is 21.5 Å². The van der Waals surface area contributed by atoms with E-state index in [1.54, 1.807) is 12.1 Å². The van der Waals surface area contributed by atoms with Gasteiger partial charge in [0.2, 0.25) is 0 Å². The van der Waals surface area contributed by atoms with Crippen LogP contribution in [0.2, 0.25) is 10.0 Å². The van der Waals surface area contributed by atoms with Gasteiger partial charge in [-0.05, 0) is 53.6 Å². The van der Waals surface area contributed by atoms with Crippen LogP contribution in [-0.4, -0.2) is 41.9 Å². The number of hydrogen-bond acceptors (Lipinski definition) is 3. The van der Waals surface area contributed by atoms with Crippen molar-refractivity contribution in [3.63, 3.8) is 0 Å². The van der Waals surface area contributed by atoms with Crippen molar-refractivity contribution in [2.24, 2.45) is 0 Å². The highest BCUT2D eigenvalue weighted by molar-refractivity contribution is 6.31. The molecule has 3 aromatic rings. The standard InChI is InChI=1S/C25H24Cl2N2O2/c26-22-8-10-23(11-9-22)31-18-19-4-3-6-20(16-19)25(30)29-14-12-28(13-15-29)17-21-5-1-2-7-24(21)27/h1-11,16H,12-15,17-18H2. The fraction of sp³-hybridized carbons (Fsp3) is 0.240. The Kier molecular flexibility index (Phi) is 7.13. The molecule has 0 atom stereocenters. The van der Waals surface area contributed by atoms with Gasteiger partial charge < -0.3 is 9.64 Å². The lowest BCUT2D eigenvalue weighted by Gasteiger charge is -2.35. The summed E-state index contributed by atoms with van der Waals surface area (Å²) in [5.41, 5.74) is 2.77. The van der Waals surface area contributed by atoms with Crippen LogP contribution in [0, 0.1) is 0 Å². The van der Waals surface area contributed by atoms with E-state index in [9.17, 15) is 4.79 Å². The van der Waals surface area contributed by atoms with E-state index < -0.39 is 0 Å². The van der Waals surface area contributed by atoms with Gasteiger partial charge in [0.1, 0.15) is 12.4 Å². The van der Waals surface area contributed by atoms with Gasteiger partial charge >= 0.3 is 0 Å². The molecule has 3 aromatic carbocycles. The summed E-state index contributed by atoms with van der Waals surface area (Å²) >= 11 is 12.2. The summed E-state index contributed by atoms with van der Waals surface area (Å²) < 4.78 is 5.81. The van der Waals surface area contributed by atoms with Gasteiger partial charge in [-0.15, -0.1) is 0 Å². The van der Waals surface area contributed by atoms with E-state index in [1.807, 2.05) is 59.5 Å². The van der Waals surface area contributed by atoms with Crippen molar-refractivity contribution in [2.75, 3.05) is 26.2 Å². The van der Waals surface area contributed by atoms with E-state index in [2.05, 4.69) is 11.0 Å². The van der Waals surface area contributed by atoms with Crippen LogP contribution in [0.5, 0.6) is 5.75 Å². The Bertz CT molecular complexity index is 1030. The lowest BCUT2D eigenvalue weighted by atomic mass is 10.1. The van der Waals surface area contributed by atoms with E-state index in [1.165, 1.54) is 0 Å². The monoisotopic (exact) mass is 454 g/mol. The number of rotatable bonds is 6. The molecule has 1 fully saturated rings. The number of benzene rings is 3. The van der Waals surface area contributed by atoms with Crippen molar-refractivity contribution in [1.29, 1.82) is 0 Å². The third kappa shape index (κ3) is 5.79. The molecule has 0 spiro atoms. The molecule has 6 heteroatoms. The van der Waals surface area contributed by atoms with Gasteiger partial charge in [0, 0.05) is 48.3 Å². The molecular weight excluding hydrogens is 431 g/mol. The highest BCUT2D eigenvalue weighted by Gasteiger charge is 2.22. The summed E-state index contributed by atoms with van der Waals surface area (Å²) in [4.78, 5) is 17.3. The first-order valence-corrected chi connectivity index (χ1v) is 11.1. The van der Waals surface area contributed by atoms with Crippen LogP contribution in [0.15, 0.2) is 72.8 Å². The van der Waals surface area contributed by atoms with Gasteiger partial charge in [-0.25, -0.2) is 0 Å². The number of halogens is 2. The lowest BCUT2D eigenvalue weighted by Crippen LogP contribution is -2.48. The van der Waals surface area contributed by atoms with Crippen molar-refractivity contribution >= 4 is 29.1 Å². The van der Waals surface area contributed by atoms with Crippen LogP contribution < -0.4 is 4.74 Å². The maximum absolute atomic E-state index is 13.0. The van der Waals surface area contributed by atoms with E-state index in [0.717, 1.165) is 41.5 Å². The molecule has 1 aliphatic rings. The Morgan fingerprint density at radius 1 is 0.871 bits per heavy atom. The molecule has 1 saturated heterocycles. The fourth-order valence-corrected chi connectivity index (χ4v) is 3.97. The zero-order chi connectivity index (χ0) is 21.6. The first-order valence-electron chi connectivity index (χ1n) is 10.3.